The fourth-order valence-corrected chi connectivity index (χ4v) is 7.03. The second-order valence-electron chi connectivity index (χ2n) is 13.8. The van der Waals surface area contributed by atoms with Crippen molar-refractivity contribution in [2.75, 3.05) is 33.7 Å². The van der Waals surface area contributed by atoms with Gasteiger partial charge in [-0.15, -0.1) is 0 Å². The molecule has 1 N–H and O–H groups in total. The van der Waals surface area contributed by atoms with E-state index in [2.05, 4.69) is 30.0 Å². The lowest BCUT2D eigenvalue weighted by Gasteiger charge is -2.20. The molecule has 4 heterocycles. The maximum Gasteiger partial charge on any atom is 0.310 e. The molecule has 2 aliphatic rings. The molecule has 1 amide bonds. The first kappa shape index (κ1) is 32.2. The number of carbonyl (C=O) groups excluding carboxylic acids is 1. The molecule has 2 aromatic heterocycles. The summed E-state index contributed by atoms with van der Waals surface area (Å²) in [6.45, 7) is 8.72. The topological polar surface area (TPSA) is 140 Å². The van der Waals surface area contributed by atoms with Gasteiger partial charge in [-0.05, 0) is 99.9 Å². The summed E-state index contributed by atoms with van der Waals surface area (Å²) in [6, 6.07) is 18.1. The number of likely N-dealkylation sites (N-methyl/N-ethyl adjacent to an activating group) is 1. The van der Waals surface area contributed by atoms with Crippen molar-refractivity contribution in [2.24, 2.45) is 5.41 Å². The van der Waals surface area contributed by atoms with E-state index in [4.69, 9.17) is 18.8 Å². The zero-order valence-corrected chi connectivity index (χ0v) is 28.3. The highest BCUT2D eigenvalue weighted by molar-refractivity contribution is 5.85. The van der Waals surface area contributed by atoms with E-state index in [0.29, 0.717) is 74.1 Å². The maximum absolute atomic E-state index is 12.6. The second-order valence-corrected chi connectivity index (χ2v) is 13.8. The summed E-state index contributed by atoms with van der Waals surface area (Å²) in [4.78, 5) is 39.7. The predicted molar refractivity (Wildman–Crippen MR) is 183 cm³/mol. The van der Waals surface area contributed by atoms with Gasteiger partial charge in [-0.1, -0.05) is 24.3 Å². The highest BCUT2D eigenvalue weighted by Crippen LogP contribution is 2.39. The number of amides is 1. The van der Waals surface area contributed by atoms with Gasteiger partial charge in [-0.3, -0.25) is 14.5 Å². The van der Waals surface area contributed by atoms with Crippen molar-refractivity contribution in [2.45, 2.75) is 46.8 Å². The molecule has 5 aromatic rings. The average molecular weight is 659 g/mol. The van der Waals surface area contributed by atoms with Crippen LogP contribution in [0.1, 0.15) is 47.1 Å². The van der Waals surface area contributed by atoms with Crippen molar-refractivity contribution < 1.29 is 23.5 Å². The zero-order chi connectivity index (χ0) is 34.6. The summed E-state index contributed by atoms with van der Waals surface area (Å²) >= 11 is 0. The molecule has 0 spiro atoms. The predicted octanol–water partition coefficient (Wildman–Crippen LogP) is 6.01. The highest BCUT2D eigenvalue weighted by Gasteiger charge is 2.40. The van der Waals surface area contributed by atoms with Crippen molar-refractivity contribution in [1.82, 2.24) is 24.7 Å². The number of nitriles is 1. The highest BCUT2D eigenvalue weighted by atomic mass is 16.4. The van der Waals surface area contributed by atoms with E-state index < -0.39 is 11.4 Å². The SMILES string of the molecule is Cc1c(-c2nc3c(o2)CN(C(=O)CN(C)C)C3)cccc1-c1cccc(-c2nc3cc(CN4CC[C@@](C)(C(=O)O)C4)cc(C#N)c3o2)c1C. The van der Waals surface area contributed by atoms with Crippen LogP contribution in [0, 0.1) is 30.6 Å². The molecule has 1 atom stereocenters. The number of hydrogen-bond acceptors (Lipinski definition) is 9. The van der Waals surface area contributed by atoms with Gasteiger partial charge in [0, 0.05) is 24.2 Å². The largest absolute Gasteiger partial charge is 0.481 e. The maximum atomic E-state index is 12.6. The Morgan fingerprint density at radius 2 is 1.63 bits per heavy atom. The fourth-order valence-electron chi connectivity index (χ4n) is 7.03. The van der Waals surface area contributed by atoms with Crippen LogP contribution >= 0.6 is 0 Å². The minimum atomic E-state index is -0.786. The van der Waals surface area contributed by atoms with Gasteiger partial charge in [0.1, 0.15) is 23.0 Å². The molecule has 0 bridgehead atoms. The van der Waals surface area contributed by atoms with Crippen molar-refractivity contribution >= 4 is 23.0 Å². The van der Waals surface area contributed by atoms with E-state index in [1.807, 2.05) is 62.3 Å². The number of carboxylic acids is 1. The first-order valence-corrected chi connectivity index (χ1v) is 16.3. The minimum absolute atomic E-state index is 0.0451. The van der Waals surface area contributed by atoms with Crippen LogP contribution in [0.5, 0.6) is 0 Å². The quantitative estimate of drug-likeness (QED) is 0.211. The van der Waals surface area contributed by atoms with Crippen LogP contribution in [0.15, 0.2) is 57.4 Å². The van der Waals surface area contributed by atoms with E-state index in [1.165, 1.54) is 0 Å². The summed E-state index contributed by atoms with van der Waals surface area (Å²) in [5, 5.41) is 19.6. The normalized spacial score (nSPS) is 17.6. The Balaban J connectivity index is 1.17. The van der Waals surface area contributed by atoms with Gasteiger partial charge in [0.2, 0.25) is 17.7 Å². The third-order valence-corrected chi connectivity index (χ3v) is 9.82. The van der Waals surface area contributed by atoms with Gasteiger partial charge in [-0.2, -0.15) is 5.26 Å². The number of aromatic nitrogens is 2. The van der Waals surface area contributed by atoms with Crippen LogP contribution in [0.4, 0.5) is 0 Å². The summed E-state index contributed by atoms with van der Waals surface area (Å²) in [5.74, 6) is 0.946. The number of oxazole rings is 2. The van der Waals surface area contributed by atoms with Crippen molar-refractivity contribution in [3.8, 4) is 40.1 Å². The first-order chi connectivity index (χ1) is 23.4. The monoisotopic (exact) mass is 658 g/mol. The second kappa shape index (κ2) is 12.3. The van der Waals surface area contributed by atoms with Gasteiger partial charge in [0.15, 0.2) is 5.58 Å². The lowest BCUT2D eigenvalue weighted by Crippen LogP contribution is -2.34. The first-order valence-electron chi connectivity index (χ1n) is 16.3. The van der Waals surface area contributed by atoms with E-state index in [-0.39, 0.29) is 5.91 Å². The van der Waals surface area contributed by atoms with Crippen LogP contribution in [-0.4, -0.2) is 75.4 Å². The number of fused-ring (bicyclic) bond motifs is 2. The van der Waals surface area contributed by atoms with Crippen molar-refractivity contribution in [3.63, 3.8) is 0 Å². The zero-order valence-electron chi connectivity index (χ0n) is 28.3. The van der Waals surface area contributed by atoms with Gasteiger partial charge in [0.25, 0.3) is 0 Å². The van der Waals surface area contributed by atoms with E-state index in [1.54, 1.807) is 11.8 Å². The molecule has 0 unspecified atom stereocenters. The van der Waals surface area contributed by atoms with Gasteiger partial charge >= 0.3 is 5.97 Å². The Hall–Kier alpha value is -5.31. The molecule has 1 fully saturated rings. The third kappa shape index (κ3) is 5.87. The third-order valence-electron chi connectivity index (χ3n) is 9.82. The number of likely N-dealkylation sites (tertiary alicyclic amines) is 1. The molecule has 3 aromatic carbocycles. The van der Waals surface area contributed by atoms with Crippen molar-refractivity contribution in [3.05, 3.63) is 82.2 Å². The number of hydrogen-bond donors (Lipinski definition) is 1. The molecule has 0 saturated carbocycles. The number of carbonyl (C=O) groups is 2. The standard InChI is InChI=1S/C38H38N6O5/c1-22-26(8-6-10-28(22)35-41-31-18-44(19-32(31)48-35)33(45)20-42(4)5)27-9-7-11-29(23(27)2)36-40-30-15-24(14-25(16-39)34(30)49-36)17-43-13-12-38(3,21-43)37(46)47/h6-11,14-15H,12-13,17-21H2,1-5H3,(H,46,47)/t38-/m1/s1. The summed E-state index contributed by atoms with van der Waals surface area (Å²) in [5.41, 5.74) is 8.05. The van der Waals surface area contributed by atoms with Crippen molar-refractivity contribution in [1.29, 1.82) is 5.26 Å². The minimum Gasteiger partial charge on any atom is -0.481 e. The Bertz CT molecular complexity index is 2150. The molecule has 11 nitrogen and oxygen atoms in total. The van der Waals surface area contributed by atoms with Crippen LogP contribution in [0.2, 0.25) is 0 Å². The van der Waals surface area contributed by atoms with Crippen LogP contribution < -0.4 is 0 Å². The Morgan fingerprint density at radius 3 is 2.22 bits per heavy atom. The lowest BCUT2D eigenvalue weighted by atomic mass is 9.90. The lowest BCUT2D eigenvalue weighted by molar-refractivity contribution is -0.147. The number of rotatable bonds is 8. The number of carboxylic acid groups (broad SMARTS) is 1. The molecule has 7 rings (SSSR count). The van der Waals surface area contributed by atoms with E-state index in [9.17, 15) is 20.0 Å². The fraction of sp³-hybridized carbons (Fsp3) is 0.342. The van der Waals surface area contributed by atoms with Gasteiger partial charge < -0.3 is 23.7 Å². The van der Waals surface area contributed by atoms with Crippen LogP contribution in [0.3, 0.4) is 0 Å². The molecule has 11 heteroatoms. The number of aliphatic carboxylic acids is 1. The molecule has 2 aliphatic heterocycles. The molecular formula is C38H38N6O5. The summed E-state index contributed by atoms with van der Waals surface area (Å²) < 4.78 is 12.5. The Kier molecular flexibility index (Phi) is 8.09. The van der Waals surface area contributed by atoms with E-state index in [0.717, 1.165) is 50.4 Å². The molecule has 250 valence electrons. The van der Waals surface area contributed by atoms with Crippen LogP contribution in [0.25, 0.3) is 45.1 Å². The number of benzene rings is 3. The molecular weight excluding hydrogens is 620 g/mol. The van der Waals surface area contributed by atoms with Gasteiger partial charge in [0.05, 0.1) is 30.6 Å². The molecule has 0 aliphatic carbocycles. The molecule has 0 radical (unpaired) electrons. The summed E-state index contributed by atoms with van der Waals surface area (Å²) in [7, 11) is 3.75. The molecule has 1 saturated heterocycles. The Labute approximate surface area is 284 Å². The Morgan fingerprint density at radius 1 is 0.980 bits per heavy atom. The van der Waals surface area contributed by atoms with Crippen LogP contribution in [-0.2, 0) is 29.2 Å². The smallest absolute Gasteiger partial charge is 0.310 e. The van der Waals surface area contributed by atoms with E-state index >= 15 is 0 Å². The summed E-state index contributed by atoms with van der Waals surface area (Å²) in [6.07, 6.45) is 0.583. The van der Waals surface area contributed by atoms with Gasteiger partial charge in [-0.25, -0.2) is 9.97 Å². The number of nitrogens with zero attached hydrogens (tertiary/aromatic N) is 6. The average Bonchev–Trinajstić information content (AvgIpc) is 3.84. The molecule has 49 heavy (non-hydrogen) atoms.